The Kier molecular flexibility index (Phi) is 6.19. The molecule has 2 rings (SSSR count). The first-order valence-corrected chi connectivity index (χ1v) is 8.58. The topological polar surface area (TPSA) is 52.6 Å². The quantitative estimate of drug-likeness (QED) is 0.878. The van der Waals surface area contributed by atoms with E-state index in [9.17, 15) is 9.90 Å². The molecule has 1 aliphatic rings. The van der Waals surface area contributed by atoms with Crippen LogP contribution < -0.4 is 5.32 Å². The molecule has 1 aromatic carbocycles. The molecule has 4 heteroatoms. The lowest BCUT2D eigenvalue weighted by Gasteiger charge is -2.35. The molecule has 0 aliphatic carbocycles. The molecule has 0 saturated carbocycles. The number of benzene rings is 1. The highest BCUT2D eigenvalue weighted by atomic mass is 16.3. The van der Waals surface area contributed by atoms with E-state index >= 15 is 0 Å². The van der Waals surface area contributed by atoms with Crippen LogP contribution in [0.3, 0.4) is 0 Å². The van der Waals surface area contributed by atoms with Crippen LogP contribution in [-0.2, 0) is 4.79 Å². The van der Waals surface area contributed by atoms with Crippen LogP contribution in [0.1, 0.15) is 51.6 Å². The summed E-state index contributed by atoms with van der Waals surface area (Å²) in [6.07, 6.45) is 2.49. The van der Waals surface area contributed by atoms with Gasteiger partial charge in [0.15, 0.2) is 0 Å². The van der Waals surface area contributed by atoms with Crippen LogP contribution in [0.15, 0.2) is 30.3 Å². The van der Waals surface area contributed by atoms with Crippen molar-refractivity contribution in [1.29, 1.82) is 0 Å². The lowest BCUT2D eigenvalue weighted by Crippen LogP contribution is -2.46. The van der Waals surface area contributed by atoms with Crippen LogP contribution in [0.2, 0.25) is 0 Å². The molecular weight excluding hydrogens is 288 g/mol. The summed E-state index contributed by atoms with van der Waals surface area (Å²) in [5.41, 5.74) is 1.16. The minimum absolute atomic E-state index is 0.0296. The van der Waals surface area contributed by atoms with Crippen molar-refractivity contribution in [3.8, 4) is 0 Å². The van der Waals surface area contributed by atoms with Gasteiger partial charge in [0.2, 0.25) is 5.91 Å². The molecule has 128 valence electrons. The van der Waals surface area contributed by atoms with Crippen LogP contribution in [0.5, 0.6) is 0 Å². The van der Waals surface area contributed by atoms with E-state index in [4.69, 9.17) is 0 Å². The number of rotatable bonds is 5. The van der Waals surface area contributed by atoms with Gasteiger partial charge in [0.25, 0.3) is 0 Å². The first kappa shape index (κ1) is 18.0. The molecule has 0 radical (unpaired) electrons. The van der Waals surface area contributed by atoms with Crippen LogP contribution in [-0.4, -0.2) is 41.7 Å². The Hall–Kier alpha value is -1.39. The molecule has 1 unspecified atom stereocenters. The Labute approximate surface area is 139 Å². The number of hydrogen-bond donors (Lipinski definition) is 2. The molecule has 1 atom stereocenters. The summed E-state index contributed by atoms with van der Waals surface area (Å²) in [4.78, 5) is 14.3. The van der Waals surface area contributed by atoms with Gasteiger partial charge < -0.3 is 15.3 Å². The van der Waals surface area contributed by atoms with Crippen molar-refractivity contribution >= 4 is 5.91 Å². The number of nitrogens with one attached hydrogen (secondary N) is 1. The summed E-state index contributed by atoms with van der Waals surface area (Å²) >= 11 is 0. The van der Waals surface area contributed by atoms with E-state index in [1.54, 1.807) is 0 Å². The zero-order valence-corrected chi connectivity index (χ0v) is 14.6. The van der Waals surface area contributed by atoms with Crippen LogP contribution in [0, 0.1) is 5.41 Å². The number of amides is 1. The number of piperidine rings is 1. The van der Waals surface area contributed by atoms with Gasteiger partial charge in [0.05, 0.1) is 12.6 Å². The van der Waals surface area contributed by atoms with Gasteiger partial charge in [-0.2, -0.15) is 0 Å². The maximum Gasteiger partial charge on any atom is 0.223 e. The first-order chi connectivity index (χ1) is 10.9. The summed E-state index contributed by atoms with van der Waals surface area (Å²) in [6.45, 7) is 8.01. The zero-order chi connectivity index (χ0) is 16.9. The lowest BCUT2D eigenvalue weighted by molar-refractivity contribution is -0.134. The molecule has 1 amide bonds. The van der Waals surface area contributed by atoms with Gasteiger partial charge in [-0.15, -0.1) is 0 Å². The molecule has 1 fully saturated rings. The van der Waals surface area contributed by atoms with Crippen molar-refractivity contribution in [1.82, 2.24) is 10.2 Å². The SMILES string of the molecule is CC(C)(C)CC(=O)N1CCC(NC(CO)c2ccccc2)CC1. The zero-order valence-electron chi connectivity index (χ0n) is 14.6. The molecule has 0 bridgehead atoms. The van der Waals surface area contributed by atoms with E-state index in [1.807, 2.05) is 35.2 Å². The molecule has 1 heterocycles. The summed E-state index contributed by atoms with van der Waals surface area (Å²) in [6, 6.07) is 10.4. The largest absolute Gasteiger partial charge is 0.394 e. The minimum atomic E-state index is -0.0296. The highest BCUT2D eigenvalue weighted by Gasteiger charge is 2.27. The van der Waals surface area contributed by atoms with Gasteiger partial charge in [-0.25, -0.2) is 0 Å². The molecular formula is C19H30N2O2. The van der Waals surface area contributed by atoms with E-state index in [2.05, 4.69) is 26.1 Å². The second kappa shape index (κ2) is 7.93. The number of nitrogens with zero attached hydrogens (tertiary/aromatic N) is 1. The van der Waals surface area contributed by atoms with Crippen molar-refractivity contribution in [2.45, 2.75) is 52.1 Å². The van der Waals surface area contributed by atoms with Crippen LogP contribution in [0.4, 0.5) is 0 Å². The van der Waals surface area contributed by atoms with Crippen molar-refractivity contribution in [3.05, 3.63) is 35.9 Å². The van der Waals surface area contributed by atoms with Crippen LogP contribution >= 0.6 is 0 Å². The fourth-order valence-corrected chi connectivity index (χ4v) is 3.09. The summed E-state index contributed by atoms with van der Waals surface area (Å²) in [7, 11) is 0. The van der Waals surface area contributed by atoms with Gasteiger partial charge in [0, 0.05) is 25.6 Å². The average molecular weight is 318 g/mol. The normalized spacial score (nSPS) is 18.0. The second-order valence-corrected chi connectivity index (χ2v) is 7.71. The maximum atomic E-state index is 12.3. The smallest absolute Gasteiger partial charge is 0.223 e. The van der Waals surface area contributed by atoms with Crippen molar-refractivity contribution in [2.24, 2.45) is 5.41 Å². The summed E-state index contributed by atoms with van der Waals surface area (Å²) in [5, 5.41) is 13.2. The van der Waals surface area contributed by atoms with Gasteiger partial charge in [-0.3, -0.25) is 4.79 Å². The van der Waals surface area contributed by atoms with E-state index in [1.165, 1.54) is 0 Å². The number of carbonyl (C=O) groups excluding carboxylic acids is 1. The predicted octanol–water partition coefficient (Wildman–Crippen LogP) is 2.74. The third-order valence-electron chi connectivity index (χ3n) is 4.35. The Morgan fingerprint density at radius 1 is 1.26 bits per heavy atom. The van der Waals surface area contributed by atoms with Crippen molar-refractivity contribution in [3.63, 3.8) is 0 Å². The predicted molar refractivity (Wildman–Crippen MR) is 93.1 cm³/mol. The molecule has 0 spiro atoms. The molecule has 4 nitrogen and oxygen atoms in total. The monoisotopic (exact) mass is 318 g/mol. The first-order valence-electron chi connectivity index (χ1n) is 8.58. The Morgan fingerprint density at radius 3 is 2.39 bits per heavy atom. The fourth-order valence-electron chi connectivity index (χ4n) is 3.09. The Balaban J connectivity index is 1.83. The lowest BCUT2D eigenvalue weighted by atomic mass is 9.91. The van der Waals surface area contributed by atoms with E-state index in [-0.39, 0.29) is 24.0 Å². The number of aliphatic hydroxyl groups is 1. The maximum absolute atomic E-state index is 12.3. The van der Waals surface area contributed by atoms with Gasteiger partial charge in [0.1, 0.15) is 0 Å². The molecule has 0 aromatic heterocycles. The van der Waals surface area contributed by atoms with Gasteiger partial charge in [-0.1, -0.05) is 51.1 Å². The average Bonchev–Trinajstić information content (AvgIpc) is 2.52. The number of carbonyl (C=O) groups is 1. The van der Waals surface area contributed by atoms with E-state index < -0.39 is 0 Å². The third-order valence-corrected chi connectivity index (χ3v) is 4.35. The van der Waals surface area contributed by atoms with Gasteiger partial charge in [-0.05, 0) is 23.8 Å². The molecule has 2 N–H and O–H groups in total. The fraction of sp³-hybridized carbons (Fsp3) is 0.632. The van der Waals surface area contributed by atoms with E-state index in [0.29, 0.717) is 12.5 Å². The van der Waals surface area contributed by atoms with Crippen molar-refractivity contribution < 1.29 is 9.90 Å². The molecule has 1 saturated heterocycles. The Bertz CT molecular complexity index is 488. The summed E-state index contributed by atoms with van der Waals surface area (Å²) in [5.74, 6) is 0.262. The van der Waals surface area contributed by atoms with E-state index in [0.717, 1.165) is 31.5 Å². The number of hydrogen-bond acceptors (Lipinski definition) is 3. The highest BCUT2D eigenvalue weighted by Crippen LogP contribution is 2.22. The summed E-state index contributed by atoms with van der Waals surface area (Å²) < 4.78 is 0. The number of likely N-dealkylation sites (tertiary alicyclic amines) is 1. The van der Waals surface area contributed by atoms with Crippen LogP contribution in [0.25, 0.3) is 0 Å². The standard InChI is InChI=1S/C19H30N2O2/c1-19(2,3)13-18(23)21-11-9-16(10-12-21)20-17(14-22)15-7-5-4-6-8-15/h4-8,16-17,20,22H,9-14H2,1-3H3. The minimum Gasteiger partial charge on any atom is -0.394 e. The van der Waals surface area contributed by atoms with Crippen molar-refractivity contribution in [2.75, 3.05) is 19.7 Å². The third kappa shape index (κ3) is 5.63. The Morgan fingerprint density at radius 2 is 1.87 bits per heavy atom. The molecule has 1 aliphatic heterocycles. The molecule has 1 aromatic rings. The number of aliphatic hydroxyl groups excluding tert-OH is 1. The highest BCUT2D eigenvalue weighted by molar-refractivity contribution is 5.76. The molecule has 23 heavy (non-hydrogen) atoms. The second-order valence-electron chi connectivity index (χ2n) is 7.71. The van der Waals surface area contributed by atoms with Gasteiger partial charge >= 0.3 is 0 Å².